The number of carbonyl (C=O) groups excluding carboxylic acids is 1. The summed E-state index contributed by atoms with van der Waals surface area (Å²) in [4.78, 5) is 24.1. The van der Waals surface area contributed by atoms with Crippen LogP contribution in [0.25, 0.3) is 0 Å². The van der Waals surface area contributed by atoms with E-state index in [2.05, 4.69) is 5.32 Å². The smallest absolute Gasteiger partial charge is 0.337 e. The Morgan fingerprint density at radius 2 is 1.74 bits per heavy atom. The molecule has 1 amide bonds. The van der Waals surface area contributed by atoms with Crippen LogP contribution in [0.3, 0.4) is 0 Å². The number of carboxylic acids is 1. The number of aromatic carboxylic acids is 1. The van der Waals surface area contributed by atoms with Gasteiger partial charge in [0.05, 0.1) is 37.8 Å². The molecular weight excluding hydrogens is 352 g/mol. The number of carbonyl (C=O) groups is 2. The highest BCUT2D eigenvalue weighted by molar-refractivity contribution is 6.08. The summed E-state index contributed by atoms with van der Waals surface area (Å²) >= 11 is 0. The van der Waals surface area contributed by atoms with Gasteiger partial charge in [-0.05, 0) is 24.6 Å². The Hall–Kier alpha value is -3.42. The van der Waals surface area contributed by atoms with Gasteiger partial charge in [-0.2, -0.15) is 0 Å². The maximum Gasteiger partial charge on any atom is 0.337 e. The van der Waals surface area contributed by atoms with Crippen molar-refractivity contribution in [1.29, 1.82) is 0 Å². The molecule has 144 valence electrons. The Balaban J connectivity index is 2.32. The number of methoxy groups -OCH3 is 2. The van der Waals surface area contributed by atoms with Crippen molar-refractivity contribution in [3.63, 3.8) is 0 Å². The Morgan fingerprint density at radius 1 is 1.07 bits per heavy atom. The van der Waals surface area contributed by atoms with E-state index in [1.165, 1.54) is 32.4 Å². The fourth-order valence-electron chi connectivity index (χ4n) is 2.39. The molecule has 0 saturated carbocycles. The van der Waals surface area contributed by atoms with Crippen molar-refractivity contribution in [2.24, 2.45) is 0 Å². The Labute approximate surface area is 156 Å². The molecule has 0 spiro atoms. The Morgan fingerprint density at radius 3 is 2.30 bits per heavy atom. The van der Waals surface area contributed by atoms with Gasteiger partial charge in [0.2, 0.25) is 0 Å². The quantitative estimate of drug-likeness (QED) is 0.607. The number of nitrogens with one attached hydrogen (secondary N) is 1. The number of hydrogen-bond donors (Lipinski definition) is 3. The molecule has 8 heteroatoms. The molecule has 0 bridgehead atoms. The van der Waals surface area contributed by atoms with E-state index in [0.717, 1.165) is 6.42 Å². The first-order valence-electron chi connectivity index (χ1n) is 8.24. The van der Waals surface area contributed by atoms with Gasteiger partial charge in [0.15, 0.2) is 11.5 Å². The summed E-state index contributed by atoms with van der Waals surface area (Å²) < 4.78 is 15.7. The van der Waals surface area contributed by atoms with Crippen LogP contribution in [0.1, 0.15) is 34.1 Å². The zero-order valence-electron chi connectivity index (χ0n) is 15.4. The second-order valence-electron chi connectivity index (χ2n) is 5.61. The van der Waals surface area contributed by atoms with Crippen molar-refractivity contribution < 1.29 is 28.9 Å². The summed E-state index contributed by atoms with van der Waals surface area (Å²) in [5.41, 5.74) is 6.46. The molecule has 0 saturated heterocycles. The highest BCUT2D eigenvalue weighted by atomic mass is 16.5. The molecule has 27 heavy (non-hydrogen) atoms. The standard InChI is InChI=1S/C19H22N2O6/c1-4-7-27-15-6-5-11(8-13(15)20)18(22)21-14-10-17(26-3)16(25-2)9-12(14)19(23)24/h5-6,8-10H,4,7,20H2,1-3H3,(H,21,22)(H,23,24). The van der Waals surface area contributed by atoms with Gasteiger partial charge in [-0.15, -0.1) is 0 Å². The van der Waals surface area contributed by atoms with Crippen LogP contribution in [0, 0.1) is 0 Å². The Bertz CT molecular complexity index is 850. The number of ether oxygens (including phenoxy) is 3. The molecule has 0 aliphatic carbocycles. The lowest BCUT2D eigenvalue weighted by molar-refractivity contribution is 0.0697. The van der Waals surface area contributed by atoms with Crippen molar-refractivity contribution in [2.75, 3.05) is 31.9 Å². The molecule has 0 heterocycles. The van der Waals surface area contributed by atoms with Crippen LogP contribution in [0.5, 0.6) is 17.2 Å². The minimum Gasteiger partial charge on any atom is -0.493 e. The lowest BCUT2D eigenvalue weighted by atomic mass is 10.1. The first-order chi connectivity index (χ1) is 12.9. The van der Waals surface area contributed by atoms with Crippen LogP contribution in [0.15, 0.2) is 30.3 Å². The molecule has 8 nitrogen and oxygen atoms in total. The van der Waals surface area contributed by atoms with Crippen LogP contribution >= 0.6 is 0 Å². The van der Waals surface area contributed by atoms with Gasteiger partial charge in [-0.25, -0.2) is 4.79 Å². The molecule has 4 N–H and O–H groups in total. The van der Waals surface area contributed by atoms with Crippen LogP contribution in [0.2, 0.25) is 0 Å². The molecule has 0 atom stereocenters. The third-order valence-corrected chi connectivity index (χ3v) is 3.74. The van der Waals surface area contributed by atoms with Gasteiger partial charge in [0, 0.05) is 17.7 Å². The van der Waals surface area contributed by atoms with Crippen molar-refractivity contribution in [1.82, 2.24) is 0 Å². The molecule has 2 aromatic rings. The fourth-order valence-corrected chi connectivity index (χ4v) is 2.39. The van der Waals surface area contributed by atoms with E-state index < -0.39 is 11.9 Å². The maximum absolute atomic E-state index is 12.5. The molecule has 2 rings (SSSR count). The minimum atomic E-state index is -1.21. The van der Waals surface area contributed by atoms with Gasteiger partial charge in [0.1, 0.15) is 5.75 Å². The topological polar surface area (TPSA) is 120 Å². The van der Waals surface area contributed by atoms with E-state index in [0.29, 0.717) is 23.8 Å². The highest BCUT2D eigenvalue weighted by Crippen LogP contribution is 2.34. The molecule has 0 aromatic heterocycles. The van der Waals surface area contributed by atoms with Crippen molar-refractivity contribution in [3.05, 3.63) is 41.5 Å². The molecule has 2 aromatic carbocycles. The third-order valence-electron chi connectivity index (χ3n) is 3.74. The molecular formula is C19H22N2O6. The van der Waals surface area contributed by atoms with Crippen LogP contribution < -0.4 is 25.3 Å². The second-order valence-corrected chi connectivity index (χ2v) is 5.61. The van der Waals surface area contributed by atoms with E-state index >= 15 is 0 Å². The summed E-state index contributed by atoms with van der Waals surface area (Å²) in [5, 5.41) is 12.0. The molecule has 0 aliphatic heterocycles. The van der Waals surface area contributed by atoms with Crippen LogP contribution in [-0.4, -0.2) is 37.8 Å². The minimum absolute atomic E-state index is 0.0787. The third kappa shape index (κ3) is 4.60. The fraction of sp³-hybridized carbons (Fsp3) is 0.263. The summed E-state index contributed by atoms with van der Waals surface area (Å²) in [6.45, 7) is 2.49. The van der Waals surface area contributed by atoms with Gasteiger partial charge >= 0.3 is 5.97 Å². The second kappa shape index (κ2) is 8.79. The first-order valence-corrected chi connectivity index (χ1v) is 8.24. The predicted molar refractivity (Wildman–Crippen MR) is 101 cm³/mol. The summed E-state index contributed by atoms with van der Waals surface area (Å²) in [5.74, 6) is -0.700. The number of benzene rings is 2. The number of rotatable bonds is 8. The Kier molecular flexibility index (Phi) is 6.48. The van der Waals surface area contributed by atoms with Gasteiger partial charge < -0.3 is 30.4 Å². The number of nitrogens with two attached hydrogens (primary N) is 1. The molecule has 0 unspecified atom stereocenters. The van der Waals surface area contributed by atoms with Crippen LogP contribution in [0.4, 0.5) is 11.4 Å². The largest absolute Gasteiger partial charge is 0.493 e. The van der Waals surface area contributed by atoms with E-state index in [9.17, 15) is 14.7 Å². The number of anilines is 2. The van der Waals surface area contributed by atoms with E-state index in [1.807, 2.05) is 6.92 Å². The van der Waals surface area contributed by atoms with Crippen LogP contribution in [-0.2, 0) is 0 Å². The van der Waals surface area contributed by atoms with Crippen molar-refractivity contribution >= 4 is 23.3 Å². The van der Waals surface area contributed by atoms with Crippen molar-refractivity contribution in [2.45, 2.75) is 13.3 Å². The molecule has 0 fully saturated rings. The highest BCUT2D eigenvalue weighted by Gasteiger charge is 2.19. The van der Waals surface area contributed by atoms with Gasteiger partial charge in [-0.3, -0.25) is 4.79 Å². The lowest BCUT2D eigenvalue weighted by Crippen LogP contribution is -2.15. The first kappa shape index (κ1) is 19.9. The number of amides is 1. The van der Waals surface area contributed by atoms with Gasteiger partial charge in [0.25, 0.3) is 5.91 Å². The maximum atomic E-state index is 12.5. The molecule has 0 radical (unpaired) electrons. The number of nitrogen functional groups attached to an aromatic ring is 1. The van der Waals surface area contributed by atoms with E-state index in [1.54, 1.807) is 12.1 Å². The average molecular weight is 374 g/mol. The number of hydrogen-bond acceptors (Lipinski definition) is 6. The van der Waals surface area contributed by atoms with E-state index in [4.69, 9.17) is 19.9 Å². The zero-order chi connectivity index (χ0) is 20.0. The SMILES string of the molecule is CCCOc1ccc(C(=O)Nc2cc(OC)c(OC)cc2C(=O)O)cc1N. The summed E-state index contributed by atoms with van der Waals surface area (Å²) in [6, 6.07) is 7.31. The van der Waals surface area contributed by atoms with E-state index in [-0.39, 0.29) is 22.6 Å². The zero-order valence-corrected chi connectivity index (χ0v) is 15.4. The van der Waals surface area contributed by atoms with Crippen molar-refractivity contribution in [3.8, 4) is 17.2 Å². The summed E-state index contributed by atoms with van der Waals surface area (Å²) in [7, 11) is 2.81. The predicted octanol–water partition coefficient (Wildman–Crippen LogP) is 3.03. The molecule has 0 aliphatic rings. The average Bonchev–Trinajstić information content (AvgIpc) is 2.66. The number of carboxylic acid groups (broad SMARTS) is 1. The summed E-state index contributed by atoms with van der Waals surface area (Å²) in [6.07, 6.45) is 0.832. The lowest BCUT2D eigenvalue weighted by Gasteiger charge is -2.14. The normalized spacial score (nSPS) is 10.2. The monoisotopic (exact) mass is 374 g/mol. The van der Waals surface area contributed by atoms with Gasteiger partial charge in [-0.1, -0.05) is 6.92 Å².